The average Bonchev–Trinajstić information content (AvgIpc) is 3.25. The third kappa shape index (κ3) is 3.77. The van der Waals surface area contributed by atoms with Crippen molar-refractivity contribution in [3.63, 3.8) is 0 Å². The minimum absolute atomic E-state index is 0.0570. The van der Waals surface area contributed by atoms with E-state index in [1.807, 2.05) is 0 Å². The number of likely N-dealkylation sites (tertiary alicyclic amines) is 1. The summed E-state index contributed by atoms with van der Waals surface area (Å²) in [6.45, 7) is 1.98. The van der Waals surface area contributed by atoms with Crippen LogP contribution in [0.4, 0.5) is 0 Å². The highest BCUT2D eigenvalue weighted by molar-refractivity contribution is 5.93. The minimum Gasteiger partial charge on any atom is -0.503 e. The van der Waals surface area contributed by atoms with E-state index in [0.29, 0.717) is 23.4 Å². The molecule has 3 rings (SSSR count). The number of carbonyl (C=O) groups is 2. The molecule has 0 saturated carbocycles. The quantitative estimate of drug-likeness (QED) is 0.408. The minimum atomic E-state index is -1.04. The van der Waals surface area contributed by atoms with Gasteiger partial charge >= 0.3 is 0 Å². The first-order valence-corrected chi connectivity index (χ1v) is 8.16. The molecule has 0 spiro atoms. The smallest absolute Gasteiger partial charge is 0.291 e. The van der Waals surface area contributed by atoms with Gasteiger partial charge in [-0.1, -0.05) is 5.16 Å². The summed E-state index contributed by atoms with van der Waals surface area (Å²) in [5.41, 5.74) is -0.562. The Labute approximate surface area is 152 Å². The number of rotatable bonds is 4. The van der Waals surface area contributed by atoms with Gasteiger partial charge in [0.25, 0.3) is 11.8 Å². The van der Waals surface area contributed by atoms with E-state index in [2.05, 4.69) is 10.5 Å². The lowest BCUT2D eigenvalue weighted by Gasteiger charge is -2.17. The van der Waals surface area contributed by atoms with Gasteiger partial charge < -0.3 is 30.2 Å². The average molecular weight is 378 g/mol. The van der Waals surface area contributed by atoms with Crippen LogP contribution in [-0.2, 0) is 0 Å². The van der Waals surface area contributed by atoms with Crippen molar-refractivity contribution in [2.45, 2.75) is 25.5 Å². The van der Waals surface area contributed by atoms with E-state index in [0.717, 1.165) is 12.3 Å². The first kappa shape index (κ1) is 18.5. The van der Waals surface area contributed by atoms with Gasteiger partial charge in [-0.2, -0.15) is 4.73 Å². The number of hydrogen-bond acceptors (Lipinski definition) is 8. The lowest BCUT2D eigenvalue weighted by Crippen LogP contribution is -2.32. The SMILES string of the molecule is CC(O)NC(=O)c1cc([C@H]2CCN(C(=O)c3cc(=O)c(O)cn3O)C2)no1. The molecule has 1 unspecified atom stereocenters. The van der Waals surface area contributed by atoms with Gasteiger partial charge in [0.05, 0.1) is 11.9 Å². The van der Waals surface area contributed by atoms with Crippen LogP contribution in [0.3, 0.4) is 0 Å². The molecule has 2 aromatic heterocycles. The predicted octanol–water partition coefficient (Wildman–Crippen LogP) is -0.523. The molecule has 11 heteroatoms. The lowest BCUT2D eigenvalue weighted by molar-refractivity contribution is 0.0731. The maximum absolute atomic E-state index is 12.5. The first-order valence-electron chi connectivity index (χ1n) is 8.16. The molecule has 0 bridgehead atoms. The molecule has 1 fully saturated rings. The summed E-state index contributed by atoms with van der Waals surface area (Å²) in [6.07, 6.45) is 0.268. The maximum Gasteiger partial charge on any atom is 0.291 e. The molecular weight excluding hydrogens is 360 g/mol. The summed E-state index contributed by atoms with van der Waals surface area (Å²) >= 11 is 0. The summed E-state index contributed by atoms with van der Waals surface area (Å²) in [4.78, 5) is 37.3. The largest absolute Gasteiger partial charge is 0.503 e. The van der Waals surface area contributed by atoms with Gasteiger partial charge in [0.2, 0.25) is 11.2 Å². The molecule has 0 radical (unpaired) electrons. The van der Waals surface area contributed by atoms with Crippen LogP contribution in [0.25, 0.3) is 0 Å². The van der Waals surface area contributed by atoms with E-state index in [9.17, 15) is 24.7 Å². The highest BCUT2D eigenvalue weighted by Gasteiger charge is 2.32. The molecule has 144 valence electrons. The number of carbonyl (C=O) groups excluding carboxylic acids is 2. The fourth-order valence-electron chi connectivity index (χ4n) is 2.87. The molecule has 2 atom stereocenters. The molecule has 2 amide bonds. The maximum atomic E-state index is 12.5. The van der Waals surface area contributed by atoms with Crippen LogP contribution in [0.2, 0.25) is 0 Å². The van der Waals surface area contributed by atoms with E-state index >= 15 is 0 Å². The van der Waals surface area contributed by atoms with E-state index in [1.165, 1.54) is 17.9 Å². The Morgan fingerprint density at radius 1 is 1.41 bits per heavy atom. The molecule has 4 N–H and O–H groups in total. The highest BCUT2D eigenvalue weighted by Crippen LogP contribution is 2.28. The predicted molar refractivity (Wildman–Crippen MR) is 88.5 cm³/mol. The van der Waals surface area contributed by atoms with Crippen molar-refractivity contribution >= 4 is 11.8 Å². The fourth-order valence-corrected chi connectivity index (χ4v) is 2.87. The third-order valence-electron chi connectivity index (χ3n) is 4.22. The molecule has 0 aromatic carbocycles. The zero-order valence-electron chi connectivity index (χ0n) is 14.3. The fraction of sp³-hybridized carbons (Fsp3) is 0.375. The molecule has 27 heavy (non-hydrogen) atoms. The molecular formula is C16H18N4O7. The van der Waals surface area contributed by atoms with Crippen LogP contribution in [0.15, 0.2) is 27.6 Å². The van der Waals surface area contributed by atoms with Gasteiger partial charge in [-0.3, -0.25) is 14.4 Å². The Bertz CT molecular complexity index is 933. The Morgan fingerprint density at radius 3 is 2.85 bits per heavy atom. The van der Waals surface area contributed by atoms with Crippen LogP contribution < -0.4 is 10.7 Å². The van der Waals surface area contributed by atoms with Crippen LogP contribution in [0, 0.1) is 0 Å². The molecule has 0 aliphatic carbocycles. The molecule has 11 nitrogen and oxygen atoms in total. The van der Waals surface area contributed by atoms with Crippen molar-refractivity contribution in [2.75, 3.05) is 13.1 Å². The van der Waals surface area contributed by atoms with Gasteiger partial charge in [-0.15, -0.1) is 0 Å². The van der Waals surface area contributed by atoms with Crippen LogP contribution in [0.5, 0.6) is 5.75 Å². The van der Waals surface area contributed by atoms with Crippen molar-refractivity contribution in [3.8, 4) is 5.75 Å². The first-order chi connectivity index (χ1) is 12.8. The Hall–Kier alpha value is -3.34. The number of aromatic hydroxyl groups is 1. The number of aliphatic hydroxyl groups is 1. The van der Waals surface area contributed by atoms with Crippen LogP contribution in [0.1, 0.15) is 46.0 Å². The number of nitrogens with zero attached hydrogens (tertiary/aromatic N) is 3. The Morgan fingerprint density at radius 2 is 2.15 bits per heavy atom. The second-order valence-corrected chi connectivity index (χ2v) is 6.25. The lowest BCUT2D eigenvalue weighted by atomic mass is 10.1. The number of aromatic nitrogens is 2. The van der Waals surface area contributed by atoms with Crippen LogP contribution in [-0.4, -0.2) is 61.3 Å². The molecule has 2 aromatic rings. The number of amides is 2. The monoisotopic (exact) mass is 378 g/mol. The highest BCUT2D eigenvalue weighted by atomic mass is 16.5. The van der Waals surface area contributed by atoms with E-state index in [1.54, 1.807) is 0 Å². The standard InChI is InChI=1S/C16H18N4O7/c1-8(21)17-15(24)14-4-10(18-27-14)9-2-3-19(6-9)16(25)11-5-12(22)13(23)7-20(11)26/h4-5,7-9,21,23,26H,2-3,6H2,1H3,(H,17,24)/t8?,9-/m0/s1. The second kappa shape index (κ2) is 7.11. The van der Waals surface area contributed by atoms with Crippen molar-refractivity contribution in [1.29, 1.82) is 0 Å². The number of hydrogen-bond donors (Lipinski definition) is 4. The summed E-state index contributed by atoms with van der Waals surface area (Å²) in [7, 11) is 0. The van der Waals surface area contributed by atoms with Crippen LogP contribution >= 0.6 is 0 Å². The van der Waals surface area contributed by atoms with E-state index in [4.69, 9.17) is 9.63 Å². The van der Waals surface area contributed by atoms with Gasteiger partial charge in [0.1, 0.15) is 11.9 Å². The second-order valence-electron chi connectivity index (χ2n) is 6.25. The van der Waals surface area contributed by atoms with Crippen molar-refractivity contribution in [3.05, 3.63) is 45.7 Å². The van der Waals surface area contributed by atoms with Crippen molar-refractivity contribution in [1.82, 2.24) is 20.1 Å². The molecule has 1 aliphatic rings. The third-order valence-corrected chi connectivity index (χ3v) is 4.22. The van der Waals surface area contributed by atoms with E-state index in [-0.39, 0.29) is 23.9 Å². The van der Waals surface area contributed by atoms with Gasteiger partial charge in [-0.25, -0.2) is 0 Å². The van der Waals surface area contributed by atoms with Gasteiger partial charge in [-0.05, 0) is 13.3 Å². The summed E-state index contributed by atoms with van der Waals surface area (Å²) in [5, 5.41) is 34.3. The summed E-state index contributed by atoms with van der Waals surface area (Å²) < 4.78 is 5.38. The number of nitrogens with one attached hydrogen (secondary N) is 1. The molecule has 1 aliphatic heterocycles. The molecule has 3 heterocycles. The summed E-state index contributed by atoms with van der Waals surface area (Å²) in [6, 6.07) is 2.30. The zero-order chi connectivity index (χ0) is 19.7. The van der Waals surface area contributed by atoms with Crippen molar-refractivity contribution < 1.29 is 29.5 Å². The Balaban J connectivity index is 1.71. The van der Waals surface area contributed by atoms with Crippen molar-refractivity contribution in [2.24, 2.45) is 0 Å². The molecule has 1 saturated heterocycles. The van der Waals surface area contributed by atoms with E-state index < -0.39 is 29.2 Å². The number of aliphatic hydroxyl groups excluding tert-OH is 1. The zero-order valence-corrected chi connectivity index (χ0v) is 14.3. The normalized spacial score (nSPS) is 17.7. The van der Waals surface area contributed by atoms with Gasteiger partial charge in [0, 0.05) is 31.1 Å². The summed E-state index contributed by atoms with van der Waals surface area (Å²) in [5.74, 6) is -2.10. The van der Waals surface area contributed by atoms with Gasteiger partial charge in [0.15, 0.2) is 5.75 Å². The Kier molecular flexibility index (Phi) is 4.86. The topological polar surface area (TPSA) is 158 Å². The number of pyridine rings is 1.